The van der Waals surface area contributed by atoms with Crippen molar-refractivity contribution in [3.05, 3.63) is 12.2 Å². The first-order valence-corrected chi connectivity index (χ1v) is 5.31. The first kappa shape index (κ1) is 10.7. The molecule has 1 aliphatic rings. The Morgan fingerprint density at radius 2 is 2.23 bits per heavy atom. The van der Waals surface area contributed by atoms with E-state index >= 15 is 0 Å². The zero-order valence-corrected chi connectivity index (χ0v) is 8.92. The van der Waals surface area contributed by atoms with Gasteiger partial charge in [0.25, 0.3) is 0 Å². The highest BCUT2D eigenvalue weighted by molar-refractivity contribution is 4.95. The van der Waals surface area contributed by atoms with Gasteiger partial charge in [-0.2, -0.15) is 0 Å². The Kier molecular flexibility index (Phi) is 5.09. The van der Waals surface area contributed by atoms with Crippen molar-refractivity contribution in [3.8, 4) is 0 Å². The van der Waals surface area contributed by atoms with Gasteiger partial charge < -0.3 is 10.2 Å². The standard InChI is InChI=1S/C11H22N2/c1-13(2)10-9-12-8-7-11-5-3-4-6-11/h3,5,11-12H,4,6-10H2,1-2H3. The summed E-state index contributed by atoms with van der Waals surface area (Å²) < 4.78 is 0. The SMILES string of the molecule is CN(C)CCNCCC1C=CCC1. The molecule has 1 unspecified atom stereocenters. The van der Waals surface area contributed by atoms with Gasteiger partial charge in [0.1, 0.15) is 0 Å². The molecule has 0 aliphatic heterocycles. The number of rotatable bonds is 6. The topological polar surface area (TPSA) is 15.3 Å². The molecule has 2 heteroatoms. The number of likely N-dealkylation sites (N-methyl/N-ethyl adjacent to an activating group) is 1. The van der Waals surface area contributed by atoms with Crippen molar-refractivity contribution in [1.29, 1.82) is 0 Å². The Labute approximate surface area is 82.0 Å². The number of hydrogen-bond donors (Lipinski definition) is 1. The van der Waals surface area contributed by atoms with Gasteiger partial charge in [0, 0.05) is 13.1 Å². The van der Waals surface area contributed by atoms with Gasteiger partial charge in [0.05, 0.1) is 0 Å². The summed E-state index contributed by atoms with van der Waals surface area (Å²) in [4.78, 5) is 2.21. The normalized spacial score (nSPS) is 21.6. The summed E-state index contributed by atoms with van der Waals surface area (Å²) in [5.41, 5.74) is 0. The third kappa shape index (κ3) is 5.06. The Balaban J connectivity index is 1.86. The molecule has 1 aliphatic carbocycles. The van der Waals surface area contributed by atoms with E-state index in [-0.39, 0.29) is 0 Å². The summed E-state index contributed by atoms with van der Waals surface area (Å²) in [6.45, 7) is 3.42. The Morgan fingerprint density at radius 3 is 2.85 bits per heavy atom. The summed E-state index contributed by atoms with van der Waals surface area (Å²) in [7, 11) is 4.22. The molecular weight excluding hydrogens is 160 g/mol. The summed E-state index contributed by atoms with van der Waals surface area (Å²) in [6.07, 6.45) is 8.65. The molecule has 0 heterocycles. The van der Waals surface area contributed by atoms with Gasteiger partial charge in [-0.15, -0.1) is 0 Å². The van der Waals surface area contributed by atoms with Crippen LogP contribution in [0.5, 0.6) is 0 Å². The molecule has 13 heavy (non-hydrogen) atoms. The number of nitrogens with one attached hydrogen (secondary N) is 1. The maximum absolute atomic E-state index is 3.47. The molecule has 0 aromatic heterocycles. The minimum atomic E-state index is 0.854. The number of nitrogens with zero attached hydrogens (tertiary/aromatic N) is 1. The van der Waals surface area contributed by atoms with Crippen LogP contribution in [0, 0.1) is 5.92 Å². The molecule has 0 fully saturated rings. The maximum Gasteiger partial charge on any atom is 0.0101 e. The second-order valence-corrected chi connectivity index (χ2v) is 4.11. The van der Waals surface area contributed by atoms with Gasteiger partial charge in [-0.3, -0.25) is 0 Å². The molecule has 76 valence electrons. The average Bonchev–Trinajstić information content (AvgIpc) is 2.55. The smallest absolute Gasteiger partial charge is 0.0101 e. The van der Waals surface area contributed by atoms with Gasteiger partial charge in [0.2, 0.25) is 0 Å². The highest BCUT2D eigenvalue weighted by atomic mass is 15.1. The molecule has 1 atom stereocenters. The van der Waals surface area contributed by atoms with E-state index in [0.29, 0.717) is 0 Å². The van der Waals surface area contributed by atoms with Crippen molar-refractivity contribution in [2.45, 2.75) is 19.3 Å². The number of allylic oxidation sites excluding steroid dienone is 2. The largest absolute Gasteiger partial charge is 0.315 e. The van der Waals surface area contributed by atoms with E-state index in [2.05, 4.69) is 36.5 Å². The highest BCUT2D eigenvalue weighted by Gasteiger charge is 2.07. The van der Waals surface area contributed by atoms with Gasteiger partial charge >= 0.3 is 0 Å². The first-order chi connectivity index (χ1) is 6.29. The van der Waals surface area contributed by atoms with Gasteiger partial charge in [-0.05, 0) is 45.8 Å². The molecule has 0 saturated heterocycles. The van der Waals surface area contributed by atoms with Crippen molar-refractivity contribution in [2.75, 3.05) is 33.7 Å². The maximum atomic E-state index is 3.47. The molecule has 1 rings (SSSR count). The molecule has 0 spiro atoms. The molecule has 0 bridgehead atoms. The van der Waals surface area contributed by atoms with Crippen LogP contribution >= 0.6 is 0 Å². The minimum absolute atomic E-state index is 0.854. The lowest BCUT2D eigenvalue weighted by Crippen LogP contribution is -2.27. The minimum Gasteiger partial charge on any atom is -0.315 e. The molecule has 0 amide bonds. The Hall–Kier alpha value is -0.340. The van der Waals surface area contributed by atoms with E-state index < -0.39 is 0 Å². The Bertz CT molecular complexity index is 152. The summed E-state index contributed by atoms with van der Waals surface area (Å²) >= 11 is 0. The second-order valence-electron chi connectivity index (χ2n) is 4.11. The van der Waals surface area contributed by atoms with Gasteiger partial charge in [-0.1, -0.05) is 12.2 Å². The lowest BCUT2D eigenvalue weighted by molar-refractivity contribution is 0.396. The van der Waals surface area contributed by atoms with Crippen LogP contribution in [0.2, 0.25) is 0 Å². The lowest BCUT2D eigenvalue weighted by Gasteiger charge is -2.11. The van der Waals surface area contributed by atoms with Gasteiger partial charge in [-0.25, -0.2) is 0 Å². The lowest BCUT2D eigenvalue weighted by atomic mass is 10.1. The van der Waals surface area contributed by atoms with Crippen LogP contribution in [0.25, 0.3) is 0 Å². The van der Waals surface area contributed by atoms with Crippen molar-refractivity contribution < 1.29 is 0 Å². The fourth-order valence-electron chi connectivity index (χ4n) is 1.65. The van der Waals surface area contributed by atoms with Crippen molar-refractivity contribution in [1.82, 2.24) is 10.2 Å². The fourth-order valence-corrected chi connectivity index (χ4v) is 1.65. The quantitative estimate of drug-likeness (QED) is 0.494. The van der Waals surface area contributed by atoms with Crippen molar-refractivity contribution >= 4 is 0 Å². The van der Waals surface area contributed by atoms with Crippen LogP contribution in [0.4, 0.5) is 0 Å². The van der Waals surface area contributed by atoms with Crippen LogP contribution in [-0.2, 0) is 0 Å². The van der Waals surface area contributed by atoms with Crippen LogP contribution in [0.3, 0.4) is 0 Å². The van der Waals surface area contributed by atoms with Crippen molar-refractivity contribution in [3.63, 3.8) is 0 Å². The van der Waals surface area contributed by atoms with Crippen molar-refractivity contribution in [2.24, 2.45) is 5.92 Å². The van der Waals surface area contributed by atoms with Crippen LogP contribution < -0.4 is 5.32 Å². The predicted octanol–water partition coefficient (Wildman–Crippen LogP) is 1.49. The van der Waals surface area contributed by atoms with Gasteiger partial charge in [0.15, 0.2) is 0 Å². The summed E-state index contributed by atoms with van der Waals surface area (Å²) in [5, 5.41) is 3.47. The third-order valence-corrected chi connectivity index (χ3v) is 2.54. The summed E-state index contributed by atoms with van der Waals surface area (Å²) in [6, 6.07) is 0. The van der Waals surface area contributed by atoms with E-state index in [4.69, 9.17) is 0 Å². The highest BCUT2D eigenvalue weighted by Crippen LogP contribution is 2.19. The molecule has 0 radical (unpaired) electrons. The molecular formula is C11H22N2. The summed E-state index contributed by atoms with van der Waals surface area (Å²) in [5.74, 6) is 0.854. The zero-order valence-electron chi connectivity index (χ0n) is 8.92. The predicted molar refractivity (Wildman–Crippen MR) is 57.9 cm³/mol. The molecule has 0 saturated carbocycles. The number of hydrogen-bond acceptors (Lipinski definition) is 2. The zero-order chi connectivity index (χ0) is 9.52. The molecule has 2 nitrogen and oxygen atoms in total. The third-order valence-electron chi connectivity index (χ3n) is 2.54. The fraction of sp³-hybridized carbons (Fsp3) is 0.818. The van der Waals surface area contributed by atoms with E-state index in [1.165, 1.54) is 25.8 Å². The second kappa shape index (κ2) is 6.17. The molecule has 1 N–H and O–H groups in total. The van der Waals surface area contributed by atoms with E-state index in [9.17, 15) is 0 Å². The monoisotopic (exact) mass is 182 g/mol. The van der Waals surface area contributed by atoms with E-state index in [1.807, 2.05) is 0 Å². The average molecular weight is 182 g/mol. The Morgan fingerprint density at radius 1 is 1.38 bits per heavy atom. The first-order valence-electron chi connectivity index (χ1n) is 5.31. The van der Waals surface area contributed by atoms with E-state index in [1.54, 1.807) is 0 Å². The van der Waals surface area contributed by atoms with Crippen LogP contribution in [-0.4, -0.2) is 38.6 Å². The van der Waals surface area contributed by atoms with Crippen LogP contribution in [0.15, 0.2) is 12.2 Å². The van der Waals surface area contributed by atoms with Crippen LogP contribution in [0.1, 0.15) is 19.3 Å². The molecule has 0 aromatic rings. The van der Waals surface area contributed by atoms with E-state index in [0.717, 1.165) is 19.0 Å². The molecule has 0 aromatic carbocycles.